The molecule has 1 unspecified atom stereocenters. The molecule has 3 saturated carbocycles. The summed E-state index contributed by atoms with van der Waals surface area (Å²) in [6.45, 7) is 5.10. The van der Waals surface area contributed by atoms with Crippen LogP contribution in [0.4, 0.5) is 0 Å². The van der Waals surface area contributed by atoms with Gasteiger partial charge in [0.15, 0.2) is 0 Å². The Hall–Kier alpha value is 0.480. The molecule has 0 amide bonds. The summed E-state index contributed by atoms with van der Waals surface area (Å²) in [7, 11) is 0. The van der Waals surface area contributed by atoms with Crippen molar-refractivity contribution >= 4 is 15.9 Å². The quantitative estimate of drug-likeness (QED) is 0.565. The third-order valence-electron chi connectivity index (χ3n) is 5.82. The molecule has 80 valence electrons. The van der Waals surface area contributed by atoms with Gasteiger partial charge in [0.1, 0.15) is 0 Å². The first-order valence-electron chi connectivity index (χ1n) is 6.23. The minimum absolute atomic E-state index is 0.639. The smallest absolute Gasteiger partial charge is 0.0258 e. The fraction of sp³-hybridized carbons (Fsp3) is 1.00. The van der Waals surface area contributed by atoms with Gasteiger partial charge < -0.3 is 0 Å². The molecule has 0 heterocycles. The molecule has 3 aliphatic carbocycles. The summed E-state index contributed by atoms with van der Waals surface area (Å²) >= 11 is 4.03. The van der Waals surface area contributed by atoms with E-state index in [9.17, 15) is 0 Å². The summed E-state index contributed by atoms with van der Waals surface area (Å²) in [5.74, 6) is 2.08. The van der Waals surface area contributed by atoms with E-state index in [2.05, 4.69) is 29.8 Å². The Morgan fingerprint density at radius 3 is 1.79 bits per heavy atom. The maximum atomic E-state index is 4.03. The lowest BCUT2D eigenvalue weighted by atomic mass is 9.62. The molecule has 0 aliphatic heterocycles. The molecule has 0 aromatic heterocycles. The predicted molar refractivity (Wildman–Crippen MR) is 63.6 cm³/mol. The number of fused-ring (bicyclic) bond motifs is 5. The van der Waals surface area contributed by atoms with Gasteiger partial charge in [-0.3, -0.25) is 0 Å². The molecule has 3 rings (SSSR count). The highest BCUT2D eigenvalue weighted by Gasteiger charge is 2.66. The van der Waals surface area contributed by atoms with Crippen LogP contribution < -0.4 is 0 Å². The fourth-order valence-electron chi connectivity index (χ4n) is 5.00. The average Bonchev–Trinajstić information content (AvgIpc) is 2.53. The van der Waals surface area contributed by atoms with E-state index >= 15 is 0 Å². The Balaban J connectivity index is 2.03. The van der Waals surface area contributed by atoms with Gasteiger partial charge >= 0.3 is 0 Å². The highest BCUT2D eigenvalue weighted by Crippen LogP contribution is 2.72. The van der Waals surface area contributed by atoms with E-state index in [0.717, 1.165) is 16.7 Å². The summed E-state index contributed by atoms with van der Waals surface area (Å²) in [6, 6.07) is 0. The summed E-state index contributed by atoms with van der Waals surface area (Å²) < 4.78 is 0. The summed E-state index contributed by atoms with van der Waals surface area (Å²) in [4.78, 5) is 0.801. The van der Waals surface area contributed by atoms with Crippen molar-refractivity contribution in [3.63, 3.8) is 0 Å². The van der Waals surface area contributed by atoms with Crippen molar-refractivity contribution in [1.29, 1.82) is 0 Å². The van der Waals surface area contributed by atoms with E-state index in [4.69, 9.17) is 0 Å². The molecule has 0 nitrogen and oxygen atoms in total. The van der Waals surface area contributed by atoms with Crippen LogP contribution in [0.15, 0.2) is 0 Å². The molecule has 2 bridgehead atoms. The van der Waals surface area contributed by atoms with Crippen molar-refractivity contribution in [2.75, 3.05) is 0 Å². The van der Waals surface area contributed by atoms with E-state index in [-0.39, 0.29) is 0 Å². The zero-order valence-electron chi connectivity index (χ0n) is 9.35. The maximum absolute atomic E-state index is 4.03. The van der Waals surface area contributed by atoms with Gasteiger partial charge in [0, 0.05) is 4.83 Å². The Morgan fingerprint density at radius 2 is 1.36 bits per heavy atom. The Morgan fingerprint density at radius 1 is 0.929 bits per heavy atom. The first-order valence-corrected chi connectivity index (χ1v) is 7.15. The van der Waals surface area contributed by atoms with Gasteiger partial charge in [0.05, 0.1) is 0 Å². The van der Waals surface area contributed by atoms with Gasteiger partial charge in [0.2, 0.25) is 0 Å². The van der Waals surface area contributed by atoms with E-state index in [0.29, 0.717) is 10.8 Å². The molecule has 14 heavy (non-hydrogen) atoms. The molecular formula is C13H21Br. The van der Waals surface area contributed by atoms with Crippen molar-refractivity contribution in [2.24, 2.45) is 22.7 Å². The molecule has 0 aromatic rings. The molecule has 5 atom stereocenters. The molecule has 0 radical (unpaired) electrons. The van der Waals surface area contributed by atoms with E-state index in [1.165, 1.54) is 38.5 Å². The van der Waals surface area contributed by atoms with Crippen molar-refractivity contribution < 1.29 is 0 Å². The highest BCUT2D eigenvalue weighted by atomic mass is 79.9. The Kier molecular flexibility index (Phi) is 1.92. The normalized spacial score (nSPS) is 61.5. The van der Waals surface area contributed by atoms with Crippen molar-refractivity contribution in [2.45, 2.75) is 57.2 Å². The SMILES string of the molecule is C[C@]12CC[C@](C)(C1Br)[C@@H]1CCCC[C@H]12. The van der Waals surface area contributed by atoms with Gasteiger partial charge in [-0.2, -0.15) is 0 Å². The molecule has 0 N–H and O–H groups in total. The van der Waals surface area contributed by atoms with Crippen LogP contribution in [0.1, 0.15) is 52.4 Å². The second-order valence-electron chi connectivity index (χ2n) is 6.37. The standard InChI is InChI=1S/C13H21Br/c1-12-7-8-13(2,11(12)14)10-6-4-3-5-9(10)12/h9-11H,3-8H2,1-2H3/t9-,10-,11?,12-,13+/m1/s1. The number of halogens is 1. The first-order chi connectivity index (χ1) is 6.59. The fourth-order valence-corrected chi connectivity index (χ4v) is 6.14. The van der Waals surface area contributed by atoms with Crippen molar-refractivity contribution in [1.82, 2.24) is 0 Å². The number of alkyl halides is 1. The average molecular weight is 257 g/mol. The molecule has 0 spiro atoms. The van der Waals surface area contributed by atoms with Crippen LogP contribution in [0.25, 0.3) is 0 Å². The monoisotopic (exact) mass is 256 g/mol. The van der Waals surface area contributed by atoms with Crippen LogP contribution in [0.2, 0.25) is 0 Å². The van der Waals surface area contributed by atoms with Gasteiger partial charge in [-0.25, -0.2) is 0 Å². The number of hydrogen-bond acceptors (Lipinski definition) is 0. The third kappa shape index (κ3) is 0.911. The van der Waals surface area contributed by atoms with Crippen LogP contribution >= 0.6 is 15.9 Å². The van der Waals surface area contributed by atoms with Crippen molar-refractivity contribution in [3.8, 4) is 0 Å². The minimum atomic E-state index is 0.639. The molecule has 0 aromatic carbocycles. The Labute approximate surface area is 96.0 Å². The zero-order chi connectivity index (χ0) is 9.97. The van der Waals surface area contributed by atoms with E-state index in [1.807, 2.05) is 0 Å². The first kappa shape index (κ1) is 9.69. The van der Waals surface area contributed by atoms with Crippen LogP contribution in [0, 0.1) is 22.7 Å². The molecular weight excluding hydrogens is 236 g/mol. The largest absolute Gasteiger partial charge is 0.0879 e. The summed E-state index contributed by atoms with van der Waals surface area (Å²) in [6.07, 6.45) is 8.96. The van der Waals surface area contributed by atoms with Crippen LogP contribution in [-0.2, 0) is 0 Å². The zero-order valence-corrected chi connectivity index (χ0v) is 10.9. The molecule has 0 saturated heterocycles. The second kappa shape index (κ2) is 2.78. The van der Waals surface area contributed by atoms with Gasteiger partial charge in [-0.05, 0) is 48.3 Å². The number of rotatable bonds is 0. The number of hydrogen-bond donors (Lipinski definition) is 0. The van der Waals surface area contributed by atoms with Crippen LogP contribution in [0.3, 0.4) is 0 Å². The third-order valence-corrected chi connectivity index (χ3v) is 7.91. The van der Waals surface area contributed by atoms with Crippen LogP contribution in [-0.4, -0.2) is 4.83 Å². The predicted octanol–water partition coefficient (Wildman–Crippen LogP) is 4.38. The summed E-state index contributed by atoms with van der Waals surface area (Å²) in [5, 5.41) is 0. The minimum Gasteiger partial charge on any atom is -0.0879 e. The molecule has 1 heteroatoms. The van der Waals surface area contributed by atoms with Gasteiger partial charge in [-0.15, -0.1) is 0 Å². The van der Waals surface area contributed by atoms with E-state index in [1.54, 1.807) is 0 Å². The second-order valence-corrected chi connectivity index (χ2v) is 7.29. The lowest BCUT2D eigenvalue weighted by Gasteiger charge is -2.43. The lowest BCUT2D eigenvalue weighted by Crippen LogP contribution is -2.34. The lowest BCUT2D eigenvalue weighted by molar-refractivity contribution is 0.0672. The van der Waals surface area contributed by atoms with Crippen molar-refractivity contribution in [3.05, 3.63) is 0 Å². The molecule has 3 aliphatic rings. The summed E-state index contributed by atoms with van der Waals surface area (Å²) in [5.41, 5.74) is 1.28. The van der Waals surface area contributed by atoms with Gasteiger partial charge in [0.25, 0.3) is 0 Å². The highest BCUT2D eigenvalue weighted by molar-refractivity contribution is 9.09. The Bertz CT molecular complexity index is 236. The van der Waals surface area contributed by atoms with Gasteiger partial charge in [-0.1, -0.05) is 42.6 Å². The van der Waals surface area contributed by atoms with Crippen LogP contribution in [0.5, 0.6) is 0 Å². The van der Waals surface area contributed by atoms with E-state index < -0.39 is 0 Å². The maximum Gasteiger partial charge on any atom is 0.0258 e. The topological polar surface area (TPSA) is 0 Å². The molecule has 3 fully saturated rings.